The molecule has 2 atom stereocenters. The monoisotopic (exact) mass is 203 g/mol. The number of hydrogen-bond donors (Lipinski definition) is 1. The van der Waals surface area contributed by atoms with Crippen LogP contribution in [0.25, 0.3) is 0 Å². The molecule has 0 radical (unpaired) electrons. The summed E-state index contributed by atoms with van der Waals surface area (Å²) in [5, 5.41) is 3.47. The van der Waals surface area contributed by atoms with E-state index in [4.69, 9.17) is 0 Å². The Bertz CT molecular complexity index is 315. The second-order valence-corrected chi connectivity index (χ2v) is 5.38. The lowest BCUT2D eigenvalue weighted by molar-refractivity contribution is 0.426. The summed E-state index contributed by atoms with van der Waals surface area (Å²) in [5.74, 6) is 0.850. The molecule has 1 heteroatoms. The Labute approximate surface area is 92.9 Å². The lowest BCUT2D eigenvalue weighted by Crippen LogP contribution is -2.31. The zero-order valence-electron chi connectivity index (χ0n) is 9.96. The summed E-state index contributed by atoms with van der Waals surface area (Å²) < 4.78 is 0. The zero-order valence-corrected chi connectivity index (χ0v) is 9.96. The SMILES string of the molecule is CNC(Cc1ccccc1)C1CC1(C)C. The van der Waals surface area contributed by atoms with Gasteiger partial charge in [0.15, 0.2) is 0 Å². The first-order valence-electron chi connectivity index (χ1n) is 5.84. The molecule has 15 heavy (non-hydrogen) atoms. The van der Waals surface area contributed by atoms with Crippen molar-refractivity contribution in [3.63, 3.8) is 0 Å². The minimum atomic E-state index is 0.558. The minimum Gasteiger partial charge on any atom is -0.316 e. The van der Waals surface area contributed by atoms with E-state index in [0.717, 1.165) is 12.3 Å². The van der Waals surface area contributed by atoms with Crippen LogP contribution >= 0.6 is 0 Å². The van der Waals surface area contributed by atoms with E-state index >= 15 is 0 Å². The maximum atomic E-state index is 3.47. The Kier molecular flexibility index (Phi) is 2.83. The van der Waals surface area contributed by atoms with Gasteiger partial charge in [-0.15, -0.1) is 0 Å². The van der Waals surface area contributed by atoms with Crippen LogP contribution in [-0.4, -0.2) is 13.1 Å². The van der Waals surface area contributed by atoms with E-state index in [1.54, 1.807) is 0 Å². The average molecular weight is 203 g/mol. The molecule has 1 aliphatic rings. The first kappa shape index (κ1) is 10.7. The van der Waals surface area contributed by atoms with Crippen LogP contribution in [0.3, 0.4) is 0 Å². The van der Waals surface area contributed by atoms with Crippen molar-refractivity contribution in [1.29, 1.82) is 0 Å². The third-order valence-electron chi connectivity index (χ3n) is 3.74. The Morgan fingerprint density at radius 1 is 1.33 bits per heavy atom. The van der Waals surface area contributed by atoms with Crippen LogP contribution in [0.4, 0.5) is 0 Å². The highest BCUT2D eigenvalue weighted by molar-refractivity contribution is 5.17. The fraction of sp³-hybridized carbons (Fsp3) is 0.571. The van der Waals surface area contributed by atoms with Crippen LogP contribution in [0.15, 0.2) is 30.3 Å². The molecular weight excluding hydrogens is 182 g/mol. The van der Waals surface area contributed by atoms with Crippen molar-refractivity contribution in [2.75, 3.05) is 7.05 Å². The molecule has 0 heterocycles. The second-order valence-electron chi connectivity index (χ2n) is 5.38. The van der Waals surface area contributed by atoms with E-state index in [-0.39, 0.29) is 0 Å². The van der Waals surface area contributed by atoms with Crippen molar-refractivity contribution in [3.05, 3.63) is 35.9 Å². The Balaban J connectivity index is 1.98. The molecule has 0 aromatic heterocycles. The molecule has 1 N–H and O–H groups in total. The van der Waals surface area contributed by atoms with E-state index in [1.807, 2.05) is 0 Å². The predicted molar refractivity (Wildman–Crippen MR) is 64.9 cm³/mol. The van der Waals surface area contributed by atoms with Crippen LogP contribution < -0.4 is 5.32 Å². The smallest absolute Gasteiger partial charge is 0.0138 e. The maximum Gasteiger partial charge on any atom is 0.0138 e. The highest BCUT2D eigenvalue weighted by Crippen LogP contribution is 2.53. The van der Waals surface area contributed by atoms with Gasteiger partial charge in [-0.25, -0.2) is 0 Å². The summed E-state index contributed by atoms with van der Waals surface area (Å²) in [6, 6.07) is 11.4. The van der Waals surface area contributed by atoms with Gasteiger partial charge in [-0.05, 0) is 36.8 Å². The molecule has 1 saturated carbocycles. The summed E-state index contributed by atoms with van der Waals surface area (Å²) in [5.41, 5.74) is 2.00. The van der Waals surface area contributed by atoms with E-state index < -0.39 is 0 Å². The van der Waals surface area contributed by atoms with Crippen molar-refractivity contribution < 1.29 is 0 Å². The van der Waals surface area contributed by atoms with Crippen LogP contribution in [0, 0.1) is 11.3 Å². The summed E-state index contributed by atoms with van der Waals surface area (Å²) >= 11 is 0. The predicted octanol–water partition coefficient (Wildman–Crippen LogP) is 2.86. The quantitative estimate of drug-likeness (QED) is 0.793. The molecule has 0 amide bonds. The van der Waals surface area contributed by atoms with Crippen molar-refractivity contribution in [1.82, 2.24) is 5.32 Å². The van der Waals surface area contributed by atoms with Gasteiger partial charge in [0.05, 0.1) is 0 Å². The first-order chi connectivity index (χ1) is 7.13. The van der Waals surface area contributed by atoms with Crippen molar-refractivity contribution in [2.45, 2.75) is 32.7 Å². The molecule has 0 aliphatic heterocycles. The second kappa shape index (κ2) is 3.97. The summed E-state index contributed by atoms with van der Waals surface area (Å²) in [6.45, 7) is 4.74. The molecule has 2 unspecified atom stereocenters. The van der Waals surface area contributed by atoms with E-state index in [0.29, 0.717) is 11.5 Å². The Hall–Kier alpha value is -0.820. The average Bonchev–Trinajstić information content (AvgIpc) is 2.86. The molecule has 1 aromatic rings. The Morgan fingerprint density at radius 3 is 2.40 bits per heavy atom. The first-order valence-corrected chi connectivity index (χ1v) is 5.84. The van der Waals surface area contributed by atoms with Gasteiger partial charge in [0.25, 0.3) is 0 Å². The molecule has 1 fully saturated rings. The third-order valence-corrected chi connectivity index (χ3v) is 3.74. The fourth-order valence-electron chi connectivity index (χ4n) is 2.51. The number of likely N-dealkylation sites (N-methyl/N-ethyl adjacent to an activating group) is 1. The normalized spacial score (nSPS) is 24.9. The number of nitrogens with one attached hydrogen (secondary N) is 1. The molecule has 1 aromatic carbocycles. The highest BCUT2D eigenvalue weighted by Gasteiger charge is 2.49. The van der Waals surface area contributed by atoms with E-state index in [1.165, 1.54) is 12.0 Å². The molecule has 1 nitrogen and oxygen atoms in total. The lowest BCUT2D eigenvalue weighted by Gasteiger charge is -2.18. The molecule has 0 spiro atoms. The molecule has 2 rings (SSSR count). The van der Waals surface area contributed by atoms with Crippen molar-refractivity contribution in [3.8, 4) is 0 Å². The molecular formula is C14H21N. The molecule has 82 valence electrons. The van der Waals surface area contributed by atoms with Crippen LogP contribution in [0.5, 0.6) is 0 Å². The Morgan fingerprint density at radius 2 is 1.93 bits per heavy atom. The maximum absolute atomic E-state index is 3.47. The summed E-state index contributed by atoms with van der Waals surface area (Å²) in [4.78, 5) is 0. The zero-order chi connectivity index (χ0) is 10.9. The van der Waals surface area contributed by atoms with Gasteiger partial charge in [0.1, 0.15) is 0 Å². The van der Waals surface area contributed by atoms with E-state index in [2.05, 4.69) is 56.5 Å². The van der Waals surface area contributed by atoms with Crippen molar-refractivity contribution >= 4 is 0 Å². The number of rotatable bonds is 4. The summed E-state index contributed by atoms with van der Waals surface area (Å²) in [6.07, 6.45) is 2.52. The van der Waals surface area contributed by atoms with Gasteiger partial charge in [-0.1, -0.05) is 44.2 Å². The number of benzene rings is 1. The molecule has 0 saturated heterocycles. The largest absolute Gasteiger partial charge is 0.316 e. The van der Waals surface area contributed by atoms with Crippen LogP contribution in [0.2, 0.25) is 0 Å². The summed E-state index contributed by atoms with van der Waals surface area (Å²) in [7, 11) is 2.09. The lowest BCUT2D eigenvalue weighted by atomic mass is 9.97. The van der Waals surface area contributed by atoms with Gasteiger partial charge in [0.2, 0.25) is 0 Å². The third kappa shape index (κ3) is 2.40. The minimum absolute atomic E-state index is 0.558. The van der Waals surface area contributed by atoms with Crippen LogP contribution in [0.1, 0.15) is 25.8 Å². The van der Waals surface area contributed by atoms with Gasteiger partial charge >= 0.3 is 0 Å². The fourth-order valence-corrected chi connectivity index (χ4v) is 2.51. The van der Waals surface area contributed by atoms with Gasteiger partial charge in [-0.2, -0.15) is 0 Å². The molecule has 0 bridgehead atoms. The van der Waals surface area contributed by atoms with E-state index in [9.17, 15) is 0 Å². The highest BCUT2D eigenvalue weighted by atomic mass is 14.9. The van der Waals surface area contributed by atoms with Crippen molar-refractivity contribution in [2.24, 2.45) is 11.3 Å². The van der Waals surface area contributed by atoms with Crippen LogP contribution in [-0.2, 0) is 6.42 Å². The molecule has 1 aliphatic carbocycles. The topological polar surface area (TPSA) is 12.0 Å². The number of hydrogen-bond acceptors (Lipinski definition) is 1. The standard InChI is InChI=1S/C14H21N/c1-14(2)10-12(14)13(15-3)9-11-7-5-4-6-8-11/h4-8,12-13,15H,9-10H2,1-3H3. The van der Waals surface area contributed by atoms with Gasteiger partial charge < -0.3 is 5.32 Å². The van der Waals surface area contributed by atoms with Gasteiger partial charge in [-0.3, -0.25) is 0 Å². The van der Waals surface area contributed by atoms with Gasteiger partial charge in [0, 0.05) is 6.04 Å².